The maximum Gasteiger partial charge on any atom is 0.323 e. The first kappa shape index (κ1) is 13.9. The number of hydrogen-bond donors (Lipinski definition) is 1. The molecule has 0 amide bonds. The van der Waals surface area contributed by atoms with Crippen LogP contribution in [0, 0.1) is 11.8 Å². The fraction of sp³-hybridized carbons (Fsp3) is 0.933. The van der Waals surface area contributed by atoms with Crippen LogP contribution in [0.2, 0.25) is 0 Å². The summed E-state index contributed by atoms with van der Waals surface area (Å²) in [6, 6.07) is 0.491. The van der Waals surface area contributed by atoms with E-state index < -0.39 is 0 Å². The monoisotopic (exact) mass is 253 g/mol. The van der Waals surface area contributed by atoms with Crippen LogP contribution in [0.4, 0.5) is 0 Å². The number of piperidine rings is 1. The Morgan fingerprint density at radius 3 is 2.56 bits per heavy atom. The molecule has 3 nitrogen and oxygen atoms in total. The van der Waals surface area contributed by atoms with Gasteiger partial charge >= 0.3 is 5.97 Å². The average Bonchev–Trinajstić information content (AvgIpc) is 2.37. The molecule has 0 aromatic rings. The van der Waals surface area contributed by atoms with Gasteiger partial charge in [-0.05, 0) is 44.4 Å². The number of nitrogens with one attached hydrogen (secondary N) is 1. The minimum atomic E-state index is -0.0643. The van der Waals surface area contributed by atoms with E-state index in [-0.39, 0.29) is 18.1 Å². The topological polar surface area (TPSA) is 38.3 Å². The quantitative estimate of drug-likeness (QED) is 0.786. The molecule has 2 aliphatic rings. The molecule has 18 heavy (non-hydrogen) atoms. The maximum absolute atomic E-state index is 12.1. The SMILES string of the molecule is CC(C)C(C)OC(=O)C1CCC2CCCCC2N1. The molecule has 1 heterocycles. The van der Waals surface area contributed by atoms with E-state index in [4.69, 9.17) is 4.74 Å². The number of ether oxygens (including phenoxy) is 1. The number of carbonyl (C=O) groups is 1. The highest BCUT2D eigenvalue weighted by molar-refractivity contribution is 5.76. The summed E-state index contributed by atoms with van der Waals surface area (Å²) in [5, 5.41) is 3.52. The van der Waals surface area contributed by atoms with Crippen molar-refractivity contribution >= 4 is 5.97 Å². The van der Waals surface area contributed by atoms with E-state index >= 15 is 0 Å². The van der Waals surface area contributed by atoms with Crippen molar-refractivity contribution in [3.63, 3.8) is 0 Å². The zero-order valence-corrected chi connectivity index (χ0v) is 11.9. The van der Waals surface area contributed by atoms with Gasteiger partial charge < -0.3 is 10.1 Å². The summed E-state index contributed by atoms with van der Waals surface area (Å²) in [6.45, 7) is 6.15. The zero-order valence-electron chi connectivity index (χ0n) is 11.9. The van der Waals surface area contributed by atoms with Crippen molar-refractivity contribution in [2.75, 3.05) is 0 Å². The standard InChI is InChI=1S/C15H27NO2/c1-10(2)11(3)18-15(17)14-9-8-12-6-4-5-7-13(12)16-14/h10-14,16H,4-9H2,1-3H3. The first-order valence-electron chi connectivity index (χ1n) is 7.54. The molecule has 1 saturated heterocycles. The van der Waals surface area contributed by atoms with Gasteiger partial charge in [0.15, 0.2) is 0 Å². The lowest BCUT2D eigenvalue weighted by molar-refractivity contribution is -0.154. The Labute approximate surface area is 111 Å². The lowest BCUT2D eigenvalue weighted by Crippen LogP contribution is -2.53. The van der Waals surface area contributed by atoms with Gasteiger partial charge in [0.1, 0.15) is 12.1 Å². The molecule has 2 fully saturated rings. The van der Waals surface area contributed by atoms with Crippen LogP contribution >= 0.6 is 0 Å². The normalized spacial score (nSPS) is 33.9. The number of esters is 1. The van der Waals surface area contributed by atoms with Gasteiger partial charge in [-0.3, -0.25) is 4.79 Å². The molecule has 1 N–H and O–H groups in total. The molecule has 0 spiro atoms. The maximum atomic E-state index is 12.1. The first-order valence-corrected chi connectivity index (χ1v) is 7.54. The minimum absolute atomic E-state index is 0.0170. The molecular formula is C15H27NO2. The van der Waals surface area contributed by atoms with Crippen molar-refractivity contribution in [2.45, 2.75) is 77.5 Å². The van der Waals surface area contributed by atoms with Crippen LogP contribution in [0.3, 0.4) is 0 Å². The Balaban J connectivity index is 1.84. The number of rotatable bonds is 3. The molecule has 1 aliphatic heterocycles. The Morgan fingerprint density at radius 2 is 1.83 bits per heavy atom. The summed E-state index contributed by atoms with van der Waals surface area (Å²) < 4.78 is 5.53. The van der Waals surface area contributed by atoms with E-state index in [0.29, 0.717) is 12.0 Å². The van der Waals surface area contributed by atoms with E-state index in [0.717, 1.165) is 12.3 Å². The summed E-state index contributed by atoms with van der Waals surface area (Å²) in [6.07, 6.45) is 7.39. The van der Waals surface area contributed by atoms with Gasteiger partial charge in [-0.2, -0.15) is 0 Å². The van der Waals surface area contributed by atoms with Crippen LogP contribution in [-0.2, 0) is 9.53 Å². The fourth-order valence-corrected chi connectivity index (χ4v) is 3.08. The molecule has 1 saturated carbocycles. The van der Waals surface area contributed by atoms with Gasteiger partial charge in [0.25, 0.3) is 0 Å². The summed E-state index contributed by atoms with van der Waals surface area (Å²) in [4.78, 5) is 12.1. The van der Waals surface area contributed by atoms with Crippen molar-refractivity contribution in [3.05, 3.63) is 0 Å². The highest BCUT2D eigenvalue weighted by atomic mass is 16.5. The number of hydrogen-bond acceptors (Lipinski definition) is 3. The van der Waals surface area contributed by atoms with Crippen molar-refractivity contribution in [1.29, 1.82) is 0 Å². The van der Waals surface area contributed by atoms with Crippen LogP contribution in [-0.4, -0.2) is 24.2 Å². The largest absolute Gasteiger partial charge is 0.461 e. The minimum Gasteiger partial charge on any atom is -0.461 e. The molecule has 104 valence electrons. The van der Waals surface area contributed by atoms with E-state index in [1.54, 1.807) is 0 Å². The zero-order chi connectivity index (χ0) is 13.1. The molecule has 0 aromatic carbocycles. The van der Waals surface area contributed by atoms with Crippen molar-refractivity contribution in [2.24, 2.45) is 11.8 Å². The summed E-state index contributed by atoms with van der Waals surface area (Å²) in [5.74, 6) is 1.14. The van der Waals surface area contributed by atoms with E-state index in [1.165, 1.54) is 32.1 Å². The first-order chi connectivity index (χ1) is 8.58. The van der Waals surface area contributed by atoms with Crippen LogP contribution < -0.4 is 5.32 Å². The highest BCUT2D eigenvalue weighted by Crippen LogP contribution is 2.32. The van der Waals surface area contributed by atoms with Gasteiger partial charge in [-0.15, -0.1) is 0 Å². The predicted octanol–water partition coefficient (Wildman–Crippen LogP) is 2.88. The van der Waals surface area contributed by atoms with Gasteiger partial charge in [0.2, 0.25) is 0 Å². The summed E-state index contributed by atoms with van der Waals surface area (Å²) in [5.41, 5.74) is 0. The van der Waals surface area contributed by atoms with Gasteiger partial charge in [0, 0.05) is 6.04 Å². The number of carbonyl (C=O) groups excluding carboxylic acids is 1. The third-order valence-corrected chi connectivity index (χ3v) is 4.68. The average molecular weight is 253 g/mol. The van der Waals surface area contributed by atoms with Gasteiger partial charge in [-0.25, -0.2) is 0 Å². The molecule has 4 unspecified atom stereocenters. The predicted molar refractivity (Wildman–Crippen MR) is 72.3 cm³/mol. The van der Waals surface area contributed by atoms with Crippen LogP contribution in [0.15, 0.2) is 0 Å². The molecule has 3 heteroatoms. The van der Waals surface area contributed by atoms with E-state index in [1.807, 2.05) is 6.92 Å². The third-order valence-electron chi connectivity index (χ3n) is 4.68. The van der Waals surface area contributed by atoms with Gasteiger partial charge in [0.05, 0.1) is 0 Å². The Morgan fingerprint density at radius 1 is 1.11 bits per heavy atom. The molecule has 2 rings (SSSR count). The fourth-order valence-electron chi connectivity index (χ4n) is 3.08. The van der Waals surface area contributed by atoms with Crippen molar-refractivity contribution in [1.82, 2.24) is 5.32 Å². The molecule has 0 bridgehead atoms. The second-order valence-electron chi connectivity index (χ2n) is 6.33. The molecule has 1 aliphatic carbocycles. The lowest BCUT2D eigenvalue weighted by atomic mass is 9.78. The Bertz CT molecular complexity index is 290. The smallest absolute Gasteiger partial charge is 0.323 e. The summed E-state index contributed by atoms with van der Waals surface area (Å²) in [7, 11) is 0. The van der Waals surface area contributed by atoms with Crippen LogP contribution in [0.25, 0.3) is 0 Å². The third kappa shape index (κ3) is 3.25. The molecular weight excluding hydrogens is 226 g/mol. The molecule has 0 radical (unpaired) electrons. The van der Waals surface area contributed by atoms with Crippen LogP contribution in [0.5, 0.6) is 0 Å². The lowest BCUT2D eigenvalue weighted by Gasteiger charge is -2.39. The molecule has 4 atom stereocenters. The van der Waals surface area contributed by atoms with E-state index in [9.17, 15) is 4.79 Å². The van der Waals surface area contributed by atoms with Crippen molar-refractivity contribution < 1.29 is 9.53 Å². The second kappa shape index (κ2) is 6.05. The second-order valence-corrected chi connectivity index (χ2v) is 6.33. The van der Waals surface area contributed by atoms with Crippen molar-refractivity contribution in [3.8, 4) is 0 Å². The molecule has 0 aromatic heterocycles. The number of fused-ring (bicyclic) bond motifs is 1. The van der Waals surface area contributed by atoms with Crippen LogP contribution in [0.1, 0.15) is 59.3 Å². The Kier molecular flexibility index (Phi) is 4.66. The Hall–Kier alpha value is -0.570. The summed E-state index contributed by atoms with van der Waals surface area (Å²) >= 11 is 0. The highest BCUT2D eigenvalue weighted by Gasteiger charge is 2.35. The van der Waals surface area contributed by atoms with E-state index in [2.05, 4.69) is 19.2 Å². The van der Waals surface area contributed by atoms with Gasteiger partial charge in [-0.1, -0.05) is 26.7 Å².